The molecule has 1 saturated heterocycles. The molecule has 24 heavy (non-hydrogen) atoms. The predicted octanol–water partition coefficient (Wildman–Crippen LogP) is 2.29. The maximum Gasteiger partial charge on any atom is 0.266 e. The molecule has 1 aromatic heterocycles. The van der Waals surface area contributed by atoms with Gasteiger partial charge in [-0.2, -0.15) is 5.10 Å². The van der Waals surface area contributed by atoms with E-state index < -0.39 is 0 Å². The van der Waals surface area contributed by atoms with Crippen LogP contribution in [0.2, 0.25) is 5.02 Å². The Morgan fingerprint density at radius 2 is 1.92 bits per heavy atom. The van der Waals surface area contributed by atoms with Gasteiger partial charge in [0.25, 0.3) is 5.56 Å². The number of halogens is 1. The van der Waals surface area contributed by atoms with E-state index in [-0.39, 0.29) is 17.4 Å². The summed E-state index contributed by atoms with van der Waals surface area (Å²) in [7, 11) is 1.63. The number of benzene rings is 1. The molecule has 1 amide bonds. The number of rotatable bonds is 3. The minimum Gasteiger partial charge on any atom is -0.355 e. The van der Waals surface area contributed by atoms with E-state index in [1.807, 2.05) is 12.1 Å². The van der Waals surface area contributed by atoms with Crippen molar-refractivity contribution in [2.45, 2.75) is 12.8 Å². The van der Waals surface area contributed by atoms with E-state index in [2.05, 4.69) is 15.3 Å². The van der Waals surface area contributed by atoms with Crippen molar-refractivity contribution in [3.05, 3.63) is 51.8 Å². The molecule has 0 spiro atoms. The molecule has 126 valence electrons. The number of piperidine rings is 1. The van der Waals surface area contributed by atoms with Crippen molar-refractivity contribution in [2.75, 3.05) is 23.3 Å². The molecular weight excluding hydrogens is 328 g/mol. The molecule has 0 unspecified atom stereocenters. The Morgan fingerprint density at radius 3 is 2.58 bits per heavy atom. The van der Waals surface area contributed by atoms with Gasteiger partial charge in [0.15, 0.2) is 0 Å². The fraction of sp³-hybridized carbons (Fsp3) is 0.353. The number of aromatic nitrogens is 2. The number of para-hydroxylation sites is 1. The summed E-state index contributed by atoms with van der Waals surface area (Å²) in [5.41, 5.74) is 0.513. The fourth-order valence-electron chi connectivity index (χ4n) is 2.83. The van der Waals surface area contributed by atoms with Crippen LogP contribution in [-0.4, -0.2) is 28.8 Å². The van der Waals surface area contributed by atoms with Crippen molar-refractivity contribution in [2.24, 2.45) is 13.0 Å². The standard InChI is InChI=1S/C17H19ClN4O2/c1-21-16(23)7-6-15(20-21)22-10-8-12(9-11-22)17(24)19-14-5-3-2-4-13(14)18/h2-7,12H,8-11H2,1H3,(H,19,24). The number of carbonyl (C=O) groups is 1. The van der Waals surface area contributed by atoms with E-state index in [0.717, 1.165) is 31.7 Å². The lowest BCUT2D eigenvalue weighted by Crippen LogP contribution is -2.39. The molecule has 2 aromatic rings. The molecule has 1 N–H and O–H groups in total. The Kier molecular flexibility index (Phi) is 4.85. The van der Waals surface area contributed by atoms with Crippen LogP contribution in [0.5, 0.6) is 0 Å². The number of nitrogens with one attached hydrogen (secondary N) is 1. The van der Waals surface area contributed by atoms with Crippen LogP contribution in [0, 0.1) is 5.92 Å². The van der Waals surface area contributed by atoms with Crippen LogP contribution in [0.4, 0.5) is 11.5 Å². The summed E-state index contributed by atoms with van der Waals surface area (Å²) >= 11 is 6.08. The fourth-order valence-corrected chi connectivity index (χ4v) is 3.01. The van der Waals surface area contributed by atoms with Crippen molar-refractivity contribution in [3.63, 3.8) is 0 Å². The van der Waals surface area contributed by atoms with Gasteiger partial charge < -0.3 is 10.2 Å². The third-order valence-corrected chi connectivity index (χ3v) is 4.60. The Balaban J connectivity index is 1.60. The Morgan fingerprint density at radius 1 is 1.21 bits per heavy atom. The summed E-state index contributed by atoms with van der Waals surface area (Å²) in [5.74, 6) is 0.711. The second kappa shape index (κ2) is 7.05. The van der Waals surface area contributed by atoms with Gasteiger partial charge in [-0.15, -0.1) is 0 Å². The van der Waals surface area contributed by atoms with E-state index in [0.29, 0.717) is 10.7 Å². The minimum atomic E-state index is -0.132. The molecule has 0 radical (unpaired) electrons. The summed E-state index contributed by atoms with van der Waals surface area (Å²) in [6.45, 7) is 1.46. The second-order valence-corrected chi connectivity index (χ2v) is 6.29. The molecule has 0 aliphatic carbocycles. The lowest BCUT2D eigenvalue weighted by Gasteiger charge is -2.32. The van der Waals surface area contributed by atoms with Crippen molar-refractivity contribution in [1.82, 2.24) is 9.78 Å². The van der Waals surface area contributed by atoms with Gasteiger partial charge in [-0.1, -0.05) is 23.7 Å². The van der Waals surface area contributed by atoms with Gasteiger partial charge >= 0.3 is 0 Å². The molecule has 0 saturated carbocycles. The summed E-state index contributed by atoms with van der Waals surface area (Å²) < 4.78 is 1.32. The predicted molar refractivity (Wildman–Crippen MR) is 94.5 cm³/mol. The molecule has 0 bridgehead atoms. The normalized spacial score (nSPS) is 15.3. The van der Waals surface area contributed by atoms with Crippen LogP contribution in [0.3, 0.4) is 0 Å². The molecule has 2 heterocycles. The third kappa shape index (κ3) is 3.59. The van der Waals surface area contributed by atoms with Crippen LogP contribution in [-0.2, 0) is 11.8 Å². The molecule has 1 fully saturated rings. The Hall–Kier alpha value is -2.34. The first-order chi connectivity index (χ1) is 11.5. The average molecular weight is 347 g/mol. The number of carbonyl (C=O) groups excluding carboxylic acids is 1. The van der Waals surface area contributed by atoms with Crippen molar-refractivity contribution in [3.8, 4) is 0 Å². The Bertz CT molecular complexity index is 797. The number of hydrogen-bond acceptors (Lipinski definition) is 4. The van der Waals surface area contributed by atoms with Gasteiger partial charge in [-0.3, -0.25) is 9.59 Å². The van der Waals surface area contributed by atoms with Gasteiger partial charge in [0.2, 0.25) is 5.91 Å². The average Bonchev–Trinajstić information content (AvgIpc) is 2.59. The quantitative estimate of drug-likeness (QED) is 0.926. The Labute approximate surface area is 145 Å². The third-order valence-electron chi connectivity index (χ3n) is 4.27. The topological polar surface area (TPSA) is 67.2 Å². The molecule has 1 aliphatic heterocycles. The SMILES string of the molecule is Cn1nc(N2CCC(C(=O)Nc3ccccc3Cl)CC2)ccc1=O. The van der Waals surface area contributed by atoms with Gasteiger partial charge in [-0.25, -0.2) is 4.68 Å². The number of amides is 1. The molecule has 1 aliphatic rings. The van der Waals surface area contributed by atoms with Gasteiger partial charge in [0, 0.05) is 32.1 Å². The van der Waals surface area contributed by atoms with E-state index in [9.17, 15) is 9.59 Å². The van der Waals surface area contributed by atoms with Crippen LogP contribution in [0.1, 0.15) is 12.8 Å². The first-order valence-electron chi connectivity index (χ1n) is 7.89. The van der Waals surface area contributed by atoms with Crippen LogP contribution < -0.4 is 15.8 Å². The smallest absolute Gasteiger partial charge is 0.266 e. The number of nitrogens with zero attached hydrogens (tertiary/aromatic N) is 3. The van der Waals surface area contributed by atoms with Crippen molar-refractivity contribution >= 4 is 29.0 Å². The zero-order valence-corrected chi connectivity index (χ0v) is 14.2. The zero-order chi connectivity index (χ0) is 17.1. The maximum atomic E-state index is 12.4. The number of hydrogen-bond donors (Lipinski definition) is 1. The summed E-state index contributed by atoms with van der Waals surface area (Å²) in [5, 5.41) is 7.70. The van der Waals surface area contributed by atoms with Crippen LogP contribution >= 0.6 is 11.6 Å². The number of anilines is 2. The highest BCUT2D eigenvalue weighted by atomic mass is 35.5. The van der Waals surface area contributed by atoms with E-state index in [4.69, 9.17) is 11.6 Å². The first kappa shape index (κ1) is 16.5. The monoisotopic (exact) mass is 346 g/mol. The van der Waals surface area contributed by atoms with Gasteiger partial charge in [0.1, 0.15) is 5.82 Å². The van der Waals surface area contributed by atoms with Gasteiger partial charge in [-0.05, 0) is 31.0 Å². The lowest BCUT2D eigenvalue weighted by atomic mass is 9.96. The summed E-state index contributed by atoms with van der Waals surface area (Å²) in [4.78, 5) is 25.9. The molecular formula is C17H19ClN4O2. The largest absolute Gasteiger partial charge is 0.355 e. The second-order valence-electron chi connectivity index (χ2n) is 5.88. The molecule has 3 rings (SSSR count). The van der Waals surface area contributed by atoms with Crippen LogP contribution in [0.25, 0.3) is 0 Å². The first-order valence-corrected chi connectivity index (χ1v) is 8.27. The van der Waals surface area contributed by atoms with E-state index >= 15 is 0 Å². The minimum absolute atomic E-state index is 0.00355. The maximum absolute atomic E-state index is 12.4. The zero-order valence-electron chi connectivity index (χ0n) is 13.4. The molecule has 1 aromatic carbocycles. The highest BCUT2D eigenvalue weighted by molar-refractivity contribution is 6.33. The van der Waals surface area contributed by atoms with Crippen LogP contribution in [0.15, 0.2) is 41.2 Å². The highest BCUT2D eigenvalue weighted by Crippen LogP contribution is 2.25. The molecule has 6 nitrogen and oxygen atoms in total. The molecule has 0 atom stereocenters. The van der Waals surface area contributed by atoms with E-state index in [1.165, 1.54) is 10.7 Å². The van der Waals surface area contributed by atoms with Crippen molar-refractivity contribution < 1.29 is 4.79 Å². The number of aryl methyl sites for hydroxylation is 1. The van der Waals surface area contributed by atoms with Crippen molar-refractivity contribution in [1.29, 1.82) is 0 Å². The summed E-state index contributed by atoms with van der Waals surface area (Å²) in [6, 6.07) is 10.5. The highest BCUT2D eigenvalue weighted by Gasteiger charge is 2.26. The van der Waals surface area contributed by atoms with Gasteiger partial charge in [0.05, 0.1) is 10.7 Å². The van der Waals surface area contributed by atoms with E-state index in [1.54, 1.807) is 25.2 Å². The lowest BCUT2D eigenvalue weighted by molar-refractivity contribution is -0.120. The summed E-state index contributed by atoms with van der Waals surface area (Å²) in [6.07, 6.45) is 1.47. The molecule has 7 heteroatoms.